The first-order chi connectivity index (χ1) is 10.5. The molecule has 3 aliphatic rings. The molecule has 2 heterocycles. The van der Waals surface area contributed by atoms with E-state index in [4.69, 9.17) is 16.3 Å². The number of carbonyl (C=O) groups is 2. The highest BCUT2D eigenvalue weighted by molar-refractivity contribution is 6.17. The molecule has 0 unspecified atom stereocenters. The lowest BCUT2D eigenvalue weighted by Crippen LogP contribution is -2.80. The molecule has 1 amide bonds. The van der Waals surface area contributed by atoms with E-state index >= 15 is 0 Å². The molecule has 4 atom stereocenters. The second-order valence-corrected chi connectivity index (χ2v) is 7.40. The zero-order valence-corrected chi connectivity index (χ0v) is 13.7. The fourth-order valence-corrected chi connectivity index (χ4v) is 4.70. The summed E-state index contributed by atoms with van der Waals surface area (Å²) in [7, 11) is 0. The maximum Gasteiger partial charge on any atom is 0.339 e. The van der Waals surface area contributed by atoms with Gasteiger partial charge in [-0.15, -0.1) is 11.6 Å². The van der Waals surface area contributed by atoms with Crippen molar-refractivity contribution in [3.63, 3.8) is 0 Å². The second-order valence-electron chi connectivity index (χ2n) is 7.02. The maximum atomic E-state index is 12.4. The van der Waals surface area contributed by atoms with Crippen LogP contribution in [0.15, 0.2) is 0 Å². The summed E-state index contributed by atoms with van der Waals surface area (Å²) in [6.45, 7) is 1.78. The third kappa shape index (κ3) is 2.01. The van der Waals surface area contributed by atoms with Crippen molar-refractivity contribution in [2.45, 2.75) is 69.1 Å². The Morgan fingerprint density at radius 2 is 2.05 bits per heavy atom. The first-order valence-corrected chi connectivity index (χ1v) is 8.80. The molecule has 6 heteroatoms. The third-order valence-corrected chi connectivity index (χ3v) is 6.15. The maximum absolute atomic E-state index is 12.4. The van der Waals surface area contributed by atoms with Crippen LogP contribution in [-0.2, 0) is 14.3 Å². The van der Waals surface area contributed by atoms with Gasteiger partial charge in [0.1, 0.15) is 0 Å². The molecule has 5 nitrogen and oxygen atoms in total. The summed E-state index contributed by atoms with van der Waals surface area (Å²) in [5.74, 6) is -0.607. The van der Waals surface area contributed by atoms with Crippen molar-refractivity contribution in [1.82, 2.24) is 5.32 Å². The van der Waals surface area contributed by atoms with Gasteiger partial charge in [-0.25, -0.2) is 4.79 Å². The lowest BCUT2D eigenvalue weighted by atomic mass is 9.63. The number of ether oxygens (including phenoxy) is 1. The number of amides is 1. The molecule has 0 aromatic rings. The minimum absolute atomic E-state index is 0.0491. The fraction of sp³-hybridized carbons (Fsp3) is 0.875. The molecule has 0 radical (unpaired) electrons. The van der Waals surface area contributed by atoms with Gasteiger partial charge in [0.05, 0.1) is 12.0 Å². The van der Waals surface area contributed by atoms with Crippen LogP contribution < -0.4 is 5.32 Å². The van der Waals surface area contributed by atoms with Crippen molar-refractivity contribution < 1.29 is 19.4 Å². The summed E-state index contributed by atoms with van der Waals surface area (Å²) in [6, 6.07) is 0. The van der Waals surface area contributed by atoms with Crippen molar-refractivity contribution in [3.05, 3.63) is 0 Å². The first-order valence-electron chi connectivity index (χ1n) is 8.27. The number of rotatable bonds is 5. The molecular weight excluding hydrogens is 306 g/mol. The summed E-state index contributed by atoms with van der Waals surface area (Å²) in [4.78, 5) is 24.7. The van der Waals surface area contributed by atoms with E-state index in [1.807, 2.05) is 0 Å². The van der Waals surface area contributed by atoms with Gasteiger partial charge < -0.3 is 15.2 Å². The van der Waals surface area contributed by atoms with E-state index in [1.165, 1.54) is 6.42 Å². The largest absolute Gasteiger partial charge is 0.453 e. The number of hydrogen-bond donors (Lipinski definition) is 2. The number of aliphatic hydroxyl groups is 1. The standard InChI is InChI=1S/C16H24ClNO4/c1-15-11(8-5-9-17)13(20)18-16(15,14(21)22-15)12(19)10-6-3-2-4-7-10/h10-12,19H,2-9H2,1H3,(H,18,20)/t11-,12-,15-,16-/m0/s1. The molecule has 0 aromatic carbocycles. The van der Waals surface area contributed by atoms with E-state index in [0.29, 0.717) is 18.7 Å². The van der Waals surface area contributed by atoms with Crippen LogP contribution in [0.5, 0.6) is 0 Å². The fourth-order valence-electron chi connectivity index (χ4n) is 4.54. The lowest BCUT2D eigenvalue weighted by molar-refractivity contribution is -0.240. The van der Waals surface area contributed by atoms with Gasteiger partial charge in [0.25, 0.3) is 0 Å². The van der Waals surface area contributed by atoms with Crippen LogP contribution >= 0.6 is 11.6 Å². The number of alkyl halides is 1. The highest BCUT2D eigenvalue weighted by Gasteiger charge is 2.79. The summed E-state index contributed by atoms with van der Waals surface area (Å²) < 4.78 is 5.42. The highest BCUT2D eigenvalue weighted by atomic mass is 35.5. The smallest absolute Gasteiger partial charge is 0.339 e. The Bertz CT molecular complexity index is 477. The zero-order valence-electron chi connectivity index (χ0n) is 12.9. The predicted octanol–water partition coefficient (Wildman–Crippen LogP) is 1.75. The quantitative estimate of drug-likeness (QED) is 0.595. The molecule has 0 aromatic heterocycles. The number of esters is 1. The average molecular weight is 330 g/mol. The van der Waals surface area contributed by atoms with Gasteiger partial charge >= 0.3 is 5.97 Å². The Balaban J connectivity index is 1.86. The summed E-state index contributed by atoms with van der Waals surface area (Å²) >= 11 is 5.73. The minimum atomic E-state index is -1.26. The zero-order chi connectivity index (χ0) is 16.0. The average Bonchev–Trinajstić information content (AvgIpc) is 2.69. The van der Waals surface area contributed by atoms with E-state index in [9.17, 15) is 14.7 Å². The molecule has 124 valence electrons. The molecule has 2 N–H and O–H groups in total. The number of nitrogens with one attached hydrogen (secondary N) is 1. The van der Waals surface area contributed by atoms with Crippen LogP contribution in [0.3, 0.4) is 0 Å². The monoisotopic (exact) mass is 329 g/mol. The number of hydrogen-bond acceptors (Lipinski definition) is 4. The van der Waals surface area contributed by atoms with Gasteiger partial charge in [-0.3, -0.25) is 4.79 Å². The van der Waals surface area contributed by atoms with Gasteiger partial charge in [-0.1, -0.05) is 19.3 Å². The Kier molecular flexibility index (Phi) is 4.14. The van der Waals surface area contributed by atoms with Crippen molar-refractivity contribution >= 4 is 23.5 Å². The van der Waals surface area contributed by atoms with Crippen LogP contribution in [-0.4, -0.2) is 40.1 Å². The molecule has 0 bridgehead atoms. The van der Waals surface area contributed by atoms with Crippen LogP contribution in [0.2, 0.25) is 0 Å². The van der Waals surface area contributed by atoms with Crippen LogP contribution in [0.1, 0.15) is 51.9 Å². The van der Waals surface area contributed by atoms with Crippen molar-refractivity contribution in [2.75, 3.05) is 5.88 Å². The number of halogens is 1. The SMILES string of the molecule is C[C@@]12OC(=O)[C@]1([C@@H](O)C1CCCCC1)NC(=O)[C@@H]2CCCCl. The van der Waals surface area contributed by atoms with Gasteiger partial charge in [0.15, 0.2) is 5.60 Å². The van der Waals surface area contributed by atoms with E-state index in [2.05, 4.69) is 5.32 Å². The molecule has 3 rings (SSSR count). The molecule has 2 saturated heterocycles. The van der Waals surface area contributed by atoms with E-state index in [-0.39, 0.29) is 11.8 Å². The third-order valence-electron chi connectivity index (χ3n) is 5.88. The Morgan fingerprint density at radius 3 is 2.64 bits per heavy atom. The van der Waals surface area contributed by atoms with E-state index in [1.54, 1.807) is 6.92 Å². The number of carbonyl (C=O) groups excluding carboxylic acids is 2. The molecular formula is C16H24ClNO4. The van der Waals surface area contributed by atoms with Crippen LogP contribution in [0, 0.1) is 11.8 Å². The van der Waals surface area contributed by atoms with E-state index in [0.717, 1.165) is 25.7 Å². The summed E-state index contributed by atoms with van der Waals surface area (Å²) in [5, 5.41) is 13.7. The van der Waals surface area contributed by atoms with Gasteiger partial charge in [0.2, 0.25) is 11.4 Å². The highest BCUT2D eigenvalue weighted by Crippen LogP contribution is 2.53. The normalized spacial score (nSPS) is 39.7. The lowest BCUT2D eigenvalue weighted by Gasteiger charge is -2.55. The predicted molar refractivity (Wildman–Crippen MR) is 81.4 cm³/mol. The van der Waals surface area contributed by atoms with Crippen LogP contribution in [0.25, 0.3) is 0 Å². The molecule has 3 fully saturated rings. The first kappa shape index (κ1) is 16.1. The van der Waals surface area contributed by atoms with Gasteiger partial charge in [0, 0.05) is 5.88 Å². The van der Waals surface area contributed by atoms with Crippen molar-refractivity contribution in [3.8, 4) is 0 Å². The topological polar surface area (TPSA) is 75.6 Å². The molecule has 0 spiro atoms. The Labute approximate surface area is 135 Å². The minimum Gasteiger partial charge on any atom is -0.453 e. The molecule has 22 heavy (non-hydrogen) atoms. The van der Waals surface area contributed by atoms with Crippen molar-refractivity contribution in [2.24, 2.45) is 11.8 Å². The van der Waals surface area contributed by atoms with Crippen LogP contribution in [0.4, 0.5) is 0 Å². The van der Waals surface area contributed by atoms with Gasteiger partial charge in [-0.05, 0) is 38.5 Å². The molecule has 1 aliphatic carbocycles. The summed E-state index contributed by atoms with van der Waals surface area (Å²) in [6.07, 6.45) is 5.47. The van der Waals surface area contributed by atoms with E-state index < -0.39 is 29.1 Å². The summed E-state index contributed by atoms with van der Waals surface area (Å²) in [5.41, 5.74) is -2.22. The van der Waals surface area contributed by atoms with Gasteiger partial charge in [-0.2, -0.15) is 0 Å². The van der Waals surface area contributed by atoms with Crippen molar-refractivity contribution in [1.29, 1.82) is 0 Å². The number of aliphatic hydroxyl groups excluding tert-OH is 1. The molecule has 2 aliphatic heterocycles. The number of fused-ring (bicyclic) bond motifs is 1. The molecule has 1 saturated carbocycles. The Hall–Kier alpha value is -0.810. The Morgan fingerprint density at radius 1 is 1.36 bits per heavy atom. The second kappa shape index (κ2) is 5.68.